The molecule has 0 heterocycles. The summed E-state index contributed by atoms with van der Waals surface area (Å²) in [4.78, 5) is 0. The molecule has 0 aromatic heterocycles. The lowest BCUT2D eigenvalue weighted by Crippen LogP contribution is -2.13. The summed E-state index contributed by atoms with van der Waals surface area (Å²) in [5.41, 5.74) is 1.17. The molecule has 134 valence electrons. The zero-order valence-electron chi connectivity index (χ0n) is 14.1. The number of rotatable bonds is 9. The molecule has 0 unspecified atom stereocenters. The van der Waals surface area contributed by atoms with Gasteiger partial charge in [-0.3, -0.25) is 4.39 Å². The van der Waals surface area contributed by atoms with Gasteiger partial charge in [0.05, 0.1) is 6.67 Å². The molecular weight excluding hydrogens is 313 g/mol. The number of alkyl halides is 3. The molecule has 0 aliphatic heterocycles. The van der Waals surface area contributed by atoms with Gasteiger partial charge in [0.15, 0.2) is 0 Å². The molecular formula is C20H27F3O. The topological polar surface area (TPSA) is 9.23 Å². The molecule has 0 amide bonds. The predicted octanol–water partition coefficient (Wildman–Crippen LogP) is 6.33. The first-order valence-corrected chi connectivity index (χ1v) is 8.93. The van der Waals surface area contributed by atoms with Crippen LogP contribution in [0.2, 0.25) is 0 Å². The lowest BCUT2D eigenvalue weighted by atomic mass is 9.79. The summed E-state index contributed by atoms with van der Waals surface area (Å²) in [6.45, 7) is -3.00. The number of ether oxygens (including phenoxy) is 1. The fraction of sp³-hybridized carbons (Fsp3) is 0.600. The minimum atomic E-state index is -2.77. The smallest absolute Gasteiger partial charge is 0.387 e. The second-order valence-corrected chi connectivity index (χ2v) is 6.60. The van der Waals surface area contributed by atoms with E-state index in [1.165, 1.54) is 31.2 Å². The van der Waals surface area contributed by atoms with Crippen molar-refractivity contribution in [3.63, 3.8) is 0 Å². The van der Waals surface area contributed by atoms with Crippen molar-refractivity contribution in [3.8, 4) is 5.75 Å². The van der Waals surface area contributed by atoms with Crippen LogP contribution in [-0.4, -0.2) is 13.3 Å². The number of benzene rings is 1. The van der Waals surface area contributed by atoms with Gasteiger partial charge in [0, 0.05) is 0 Å². The van der Waals surface area contributed by atoms with Gasteiger partial charge in [-0.15, -0.1) is 0 Å². The molecule has 0 bridgehead atoms. The van der Waals surface area contributed by atoms with E-state index < -0.39 is 6.61 Å². The molecule has 1 nitrogen and oxygen atoms in total. The van der Waals surface area contributed by atoms with Gasteiger partial charge < -0.3 is 4.74 Å². The van der Waals surface area contributed by atoms with Crippen LogP contribution in [-0.2, 0) is 6.42 Å². The highest BCUT2D eigenvalue weighted by Crippen LogP contribution is 2.32. The Kier molecular flexibility index (Phi) is 8.20. The largest absolute Gasteiger partial charge is 0.435 e. The fourth-order valence-electron chi connectivity index (χ4n) is 3.36. The molecule has 1 aliphatic rings. The van der Waals surface area contributed by atoms with Gasteiger partial charge in [0.25, 0.3) is 0 Å². The third-order valence-electron chi connectivity index (χ3n) is 4.79. The van der Waals surface area contributed by atoms with Crippen LogP contribution in [0.1, 0.15) is 50.5 Å². The molecule has 1 aromatic rings. The number of hydrogen-bond donors (Lipinski definition) is 0. The average molecular weight is 340 g/mol. The van der Waals surface area contributed by atoms with Crippen LogP contribution in [0.15, 0.2) is 36.4 Å². The Hall–Kier alpha value is -1.45. The minimum Gasteiger partial charge on any atom is -0.435 e. The van der Waals surface area contributed by atoms with Gasteiger partial charge in [-0.05, 0) is 80.9 Å². The summed E-state index contributed by atoms with van der Waals surface area (Å²) in [5, 5.41) is 0. The number of allylic oxidation sites excluding steroid dienone is 2. The summed E-state index contributed by atoms with van der Waals surface area (Å²) in [6, 6.07) is 6.97. The number of hydrogen-bond acceptors (Lipinski definition) is 1. The summed E-state index contributed by atoms with van der Waals surface area (Å²) in [5.74, 6) is 1.62. The maximum absolute atomic E-state index is 12.1. The Balaban J connectivity index is 1.66. The van der Waals surface area contributed by atoms with Crippen molar-refractivity contribution in [3.05, 3.63) is 42.0 Å². The van der Waals surface area contributed by atoms with Crippen molar-refractivity contribution in [1.29, 1.82) is 0 Å². The van der Waals surface area contributed by atoms with Crippen LogP contribution < -0.4 is 4.74 Å². The van der Waals surface area contributed by atoms with E-state index in [0.29, 0.717) is 12.3 Å². The van der Waals surface area contributed by atoms with Gasteiger partial charge in [0.2, 0.25) is 0 Å². The lowest BCUT2D eigenvalue weighted by Gasteiger charge is -2.26. The summed E-state index contributed by atoms with van der Waals surface area (Å²) in [7, 11) is 0. The highest BCUT2D eigenvalue weighted by molar-refractivity contribution is 5.27. The molecule has 0 spiro atoms. The third kappa shape index (κ3) is 6.98. The van der Waals surface area contributed by atoms with Crippen LogP contribution in [0.4, 0.5) is 13.2 Å². The molecule has 1 fully saturated rings. The molecule has 24 heavy (non-hydrogen) atoms. The Morgan fingerprint density at radius 1 is 1.08 bits per heavy atom. The van der Waals surface area contributed by atoms with Crippen LogP contribution in [0.5, 0.6) is 5.75 Å². The van der Waals surface area contributed by atoms with Gasteiger partial charge in [0.1, 0.15) is 5.75 Å². The van der Waals surface area contributed by atoms with E-state index >= 15 is 0 Å². The molecule has 1 aromatic carbocycles. The van der Waals surface area contributed by atoms with Crippen molar-refractivity contribution >= 4 is 0 Å². The number of unbranched alkanes of at least 4 members (excludes halogenated alkanes) is 1. The first kappa shape index (κ1) is 18.9. The quantitative estimate of drug-likeness (QED) is 0.377. The summed E-state index contributed by atoms with van der Waals surface area (Å²) in [6.07, 6.45) is 12.9. The van der Waals surface area contributed by atoms with Crippen LogP contribution >= 0.6 is 0 Å². The van der Waals surface area contributed by atoms with Gasteiger partial charge in [-0.2, -0.15) is 8.78 Å². The fourth-order valence-corrected chi connectivity index (χ4v) is 3.36. The predicted molar refractivity (Wildman–Crippen MR) is 91.2 cm³/mol. The van der Waals surface area contributed by atoms with Gasteiger partial charge in [-0.25, -0.2) is 0 Å². The van der Waals surface area contributed by atoms with Crippen molar-refractivity contribution in [2.75, 3.05) is 6.67 Å². The number of halogens is 3. The van der Waals surface area contributed by atoms with Crippen LogP contribution in [0.25, 0.3) is 0 Å². The van der Waals surface area contributed by atoms with E-state index in [2.05, 4.69) is 16.9 Å². The molecule has 0 saturated heterocycles. The van der Waals surface area contributed by atoms with E-state index in [1.807, 2.05) is 12.1 Å². The molecule has 2 rings (SSSR count). The van der Waals surface area contributed by atoms with Gasteiger partial charge in [-0.1, -0.05) is 24.3 Å². The van der Waals surface area contributed by atoms with Crippen molar-refractivity contribution in [1.82, 2.24) is 0 Å². The summed E-state index contributed by atoms with van der Waals surface area (Å²) < 4.78 is 40.6. The standard InChI is InChI=1S/C20H27F3O/c21-15-3-1-2-4-16-5-7-17(8-6-16)9-10-18-11-13-19(14-12-18)24-20(22)23/h2,4,11-14,16-17,20H,1,3,5-10,15H2/b4-2+/t16-,17-. The van der Waals surface area contributed by atoms with Crippen LogP contribution in [0.3, 0.4) is 0 Å². The molecule has 0 atom stereocenters. The minimum absolute atomic E-state index is 0.216. The highest BCUT2D eigenvalue weighted by Gasteiger charge is 2.19. The Labute approximate surface area is 142 Å². The molecule has 1 saturated carbocycles. The average Bonchev–Trinajstić information content (AvgIpc) is 2.59. The van der Waals surface area contributed by atoms with E-state index in [9.17, 15) is 13.2 Å². The zero-order valence-corrected chi connectivity index (χ0v) is 14.1. The second kappa shape index (κ2) is 10.4. The summed E-state index contributed by atoms with van der Waals surface area (Å²) >= 11 is 0. The normalized spacial score (nSPS) is 21.5. The Morgan fingerprint density at radius 3 is 2.42 bits per heavy atom. The molecule has 4 heteroatoms. The van der Waals surface area contributed by atoms with E-state index in [1.54, 1.807) is 12.1 Å². The molecule has 0 N–H and O–H groups in total. The first-order chi connectivity index (χ1) is 11.7. The second-order valence-electron chi connectivity index (χ2n) is 6.60. The Bertz CT molecular complexity index is 476. The SMILES string of the molecule is FCCC/C=C/[C@H]1CC[C@H](CCc2ccc(OC(F)F)cc2)CC1. The van der Waals surface area contributed by atoms with Crippen molar-refractivity contribution in [2.24, 2.45) is 11.8 Å². The third-order valence-corrected chi connectivity index (χ3v) is 4.79. The lowest BCUT2D eigenvalue weighted by molar-refractivity contribution is -0.0498. The number of aryl methyl sites for hydroxylation is 1. The van der Waals surface area contributed by atoms with Crippen molar-refractivity contribution in [2.45, 2.75) is 58.0 Å². The van der Waals surface area contributed by atoms with Crippen LogP contribution in [0, 0.1) is 11.8 Å². The highest BCUT2D eigenvalue weighted by atomic mass is 19.3. The van der Waals surface area contributed by atoms with E-state index in [0.717, 1.165) is 25.2 Å². The maximum atomic E-state index is 12.1. The first-order valence-electron chi connectivity index (χ1n) is 8.93. The van der Waals surface area contributed by atoms with Gasteiger partial charge >= 0.3 is 6.61 Å². The van der Waals surface area contributed by atoms with Crippen molar-refractivity contribution < 1.29 is 17.9 Å². The monoisotopic (exact) mass is 340 g/mol. The zero-order chi connectivity index (χ0) is 17.2. The molecule has 0 radical (unpaired) electrons. The Morgan fingerprint density at radius 2 is 1.79 bits per heavy atom. The van der Waals surface area contributed by atoms with E-state index in [-0.39, 0.29) is 12.4 Å². The molecule has 1 aliphatic carbocycles. The maximum Gasteiger partial charge on any atom is 0.387 e. The van der Waals surface area contributed by atoms with E-state index in [4.69, 9.17) is 0 Å².